The molecular formula is C17H13ClFN3O2S. The van der Waals surface area contributed by atoms with Crippen LogP contribution in [0.2, 0.25) is 5.02 Å². The number of anilines is 1. The number of nitrogens with one attached hydrogen (secondary N) is 1. The van der Waals surface area contributed by atoms with Gasteiger partial charge in [-0.25, -0.2) is 4.39 Å². The molecule has 0 aliphatic heterocycles. The summed E-state index contributed by atoms with van der Waals surface area (Å²) in [7, 11) is 0. The Hall–Kier alpha value is -2.38. The molecule has 2 aromatic carbocycles. The average Bonchev–Trinajstić information content (AvgIpc) is 3.02. The normalized spacial score (nSPS) is 10.7. The molecule has 0 atom stereocenters. The zero-order chi connectivity index (χ0) is 17.8. The lowest BCUT2D eigenvalue weighted by Crippen LogP contribution is -2.14. The highest BCUT2D eigenvalue weighted by Crippen LogP contribution is 2.27. The van der Waals surface area contributed by atoms with Crippen molar-refractivity contribution < 1.29 is 13.7 Å². The Morgan fingerprint density at radius 1 is 1.32 bits per heavy atom. The smallest absolute Gasteiger partial charge is 0.256 e. The first-order valence-electron chi connectivity index (χ1n) is 7.30. The Labute approximate surface area is 152 Å². The zero-order valence-corrected chi connectivity index (χ0v) is 14.7. The molecule has 1 N–H and O–H groups in total. The van der Waals surface area contributed by atoms with Gasteiger partial charge in [-0.05, 0) is 37.3 Å². The topological polar surface area (TPSA) is 68.0 Å². The first kappa shape index (κ1) is 17.4. The number of hydrogen-bond acceptors (Lipinski definition) is 5. The van der Waals surface area contributed by atoms with E-state index in [1.165, 1.54) is 30.0 Å². The van der Waals surface area contributed by atoms with E-state index in [0.29, 0.717) is 28.1 Å². The molecule has 3 rings (SSSR count). The van der Waals surface area contributed by atoms with Crippen LogP contribution in [0.3, 0.4) is 0 Å². The average molecular weight is 378 g/mol. The van der Waals surface area contributed by atoms with Gasteiger partial charge in [0, 0.05) is 9.92 Å². The van der Waals surface area contributed by atoms with Crippen molar-refractivity contribution in [3.8, 4) is 0 Å². The van der Waals surface area contributed by atoms with Gasteiger partial charge in [-0.15, -0.1) is 11.8 Å². The van der Waals surface area contributed by atoms with E-state index in [9.17, 15) is 9.18 Å². The number of halogens is 2. The second-order valence-electron chi connectivity index (χ2n) is 5.10. The predicted octanol–water partition coefficient (Wildman–Crippen LogP) is 4.72. The molecule has 128 valence electrons. The van der Waals surface area contributed by atoms with E-state index in [0.717, 1.165) is 4.90 Å². The largest absolute Gasteiger partial charge is 0.338 e. The van der Waals surface area contributed by atoms with Gasteiger partial charge in [0.15, 0.2) is 5.82 Å². The third-order valence-corrected chi connectivity index (χ3v) is 4.52. The summed E-state index contributed by atoms with van der Waals surface area (Å²) in [6.45, 7) is 1.73. The number of thioether (sulfide) groups is 1. The first-order valence-corrected chi connectivity index (χ1v) is 8.66. The second kappa shape index (κ2) is 7.67. The molecule has 0 bridgehead atoms. The summed E-state index contributed by atoms with van der Waals surface area (Å²) in [6.07, 6.45) is 0. The van der Waals surface area contributed by atoms with Gasteiger partial charge in [0.25, 0.3) is 5.91 Å². The number of amides is 1. The quantitative estimate of drug-likeness (QED) is 0.652. The molecule has 0 aliphatic rings. The molecule has 0 saturated heterocycles. The fraction of sp³-hybridized carbons (Fsp3) is 0.118. The van der Waals surface area contributed by atoms with Crippen LogP contribution >= 0.6 is 23.4 Å². The van der Waals surface area contributed by atoms with Gasteiger partial charge in [0.05, 0.1) is 17.0 Å². The molecule has 0 saturated carbocycles. The number of benzene rings is 2. The summed E-state index contributed by atoms with van der Waals surface area (Å²) < 4.78 is 18.9. The Morgan fingerprint density at radius 3 is 2.88 bits per heavy atom. The third kappa shape index (κ3) is 4.37. The van der Waals surface area contributed by atoms with Gasteiger partial charge >= 0.3 is 0 Å². The lowest BCUT2D eigenvalue weighted by Gasteiger charge is -2.10. The summed E-state index contributed by atoms with van der Waals surface area (Å²) in [5.74, 6) is 0.475. The monoisotopic (exact) mass is 377 g/mol. The van der Waals surface area contributed by atoms with Crippen molar-refractivity contribution in [1.29, 1.82) is 0 Å². The molecule has 1 heterocycles. The van der Waals surface area contributed by atoms with E-state index >= 15 is 0 Å². The van der Waals surface area contributed by atoms with E-state index in [1.807, 2.05) is 6.07 Å². The number of aryl methyl sites for hydroxylation is 1. The maximum atomic E-state index is 13.8. The molecule has 25 heavy (non-hydrogen) atoms. The van der Waals surface area contributed by atoms with Gasteiger partial charge in [0.1, 0.15) is 5.82 Å². The van der Waals surface area contributed by atoms with E-state index in [-0.39, 0.29) is 5.69 Å². The first-order chi connectivity index (χ1) is 12.0. The number of hydrogen-bond donors (Lipinski definition) is 1. The highest BCUT2D eigenvalue weighted by molar-refractivity contribution is 7.98. The maximum absolute atomic E-state index is 13.8. The molecular weight excluding hydrogens is 365 g/mol. The molecule has 8 heteroatoms. The lowest BCUT2D eigenvalue weighted by molar-refractivity contribution is 0.102. The number of carbonyl (C=O) groups is 1. The summed E-state index contributed by atoms with van der Waals surface area (Å²) in [5, 5.41) is 6.61. The SMILES string of the molecule is Cc1noc(CSc2ccccc2C(=O)Nc2cc(Cl)ccc2F)n1. The number of rotatable bonds is 5. The van der Waals surface area contributed by atoms with Crippen molar-refractivity contribution in [2.75, 3.05) is 5.32 Å². The second-order valence-corrected chi connectivity index (χ2v) is 6.55. The number of nitrogens with zero attached hydrogens (tertiary/aromatic N) is 2. The van der Waals surface area contributed by atoms with Crippen molar-refractivity contribution in [3.05, 3.63) is 70.6 Å². The Kier molecular flexibility index (Phi) is 5.35. The van der Waals surface area contributed by atoms with Crippen LogP contribution in [0.1, 0.15) is 22.1 Å². The predicted molar refractivity (Wildman–Crippen MR) is 94.4 cm³/mol. The lowest BCUT2D eigenvalue weighted by atomic mass is 10.2. The molecule has 0 unspecified atom stereocenters. The zero-order valence-electron chi connectivity index (χ0n) is 13.1. The van der Waals surface area contributed by atoms with Crippen molar-refractivity contribution >= 4 is 35.0 Å². The minimum Gasteiger partial charge on any atom is -0.338 e. The van der Waals surface area contributed by atoms with Crippen LogP contribution < -0.4 is 5.32 Å². The standard InChI is InChI=1S/C17H13ClFN3O2S/c1-10-20-16(24-22-10)9-25-15-5-3-2-4-12(15)17(23)21-14-8-11(18)6-7-13(14)19/h2-8H,9H2,1H3,(H,21,23). The fourth-order valence-corrected chi connectivity index (χ4v) is 3.16. The van der Waals surface area contributed by atoms with Crippen LogP contribution in [0.4, 0.5) is 10.1 Å². The molecule has 0 aliphatic carbocycles. The van der Waals surface area contributed by atoms with Crippen LogP contribution in [0.5, 0.6) is 0 Å². The summed E-state index contributed by atoms with van der Waals surface area (Å²) >= 11 is 7.23. The molecule has 5 nitrogen and oxygen atoms in total. The van der Waals surface area contributed by atoms with E-state index in [2.05, 4.69) is 15.5 Å². The van der Waals surface area contributed by atoms with Crippen molar-refractivity contribution in [1.82, 2.24) is 10.1 Å². The van der Waals surface area contributed by atoms with Gasteiger partial charge in [-0.3, -0.25) is 4.79 Å². The molecule has 0 radical (unpaired) electrons. The molecule has 1 aromatic heterocycles. The van der Waals surface area contributed by atoms with E-state index < -0.39 is 11.7 Å². The van der Waals surface area contributed by atoms with Crippen molar-refractivity contribution in [2.45, 2.75) is 17.6 Å². The van der Waals surface area contributed by atoms with Crippen LogP contribution in [-0.4, -0.2) is 16.0 Å². The molecule has 1 amide bonds. The van der Waals surface area contributed by atoms with Crippen LogP contribution in [0.15, 0.2) is 51.9 Å². The van der Waals surface area contributed by atoms with Crippen molar-refractivity contribution in [2.24, 2.45) is 0 Å². The van der Waals surface area contributed by atoms with Gasteiger partial charge < -0.3 is 9.84 Å². The summed E-state index contributed by atoms with van der Waals surface area (Å²) in [5.41, 5.74) is 0.452. The van der Waals surface area contributed by atoms with Crippen LogP contribution in [0.25, 0.3) is 0 Å². The van der Waals surface area contributed by atoms with Crippen molar-refractivity contribution in [3.63, 3.8) is 0 Å². The number of carbonyl (C=O) groups excluding carboxylic acids is 1. The molecule has 0 spiro atoms. The Bertz CT molecular complexity index is 916. The number of aromatic nitrogens is 2. The summed E-state index contributed by atoms with van der Waals surface area (Å²) in [6, 6.07) is 11.0. The maximum Gasteiger partial charge on any atom is 0.256 e. The minimum atomic E-state index is -0.552. The van der Waals surface area contributed by atoms with Gasteiger partial charge in [-0.2, -0.15) is 4.98 Å². The minimum absolute atomic E-state index is 0.0322. The van der Waals surface area contributed by atoms with Crippen LogP contribution in [-0.2, 0) is 5.75 Å². The highest BCUT2D eigenvalue weighted by Gasteiger charge is 2.15. The van der Waals surface area contributed by atoms with Crippen LogP contribution in [0, 0.1) is 12.7 Å². The van der Waals surface area contributed by atoms with Gasteiger partial charge in [0.2, 0.25) is 5.89 Å². The highest BCUT2D eigenvalue weighted by atomic mass is 35.5. The fourth-order valence-electron chi connectivity index (χ4n) is 2.10. The van der Waals surface area contributed by atoms with Gasteiger partial charge in [-0.1, -0.05) is 28.9 Å². The van der Waals surface area contributed by atoms with E-state index in [4.69, 9.17) is 16.1 Å². The Balaban J connectivity index is 1.77. The Morgan fingerprint density at radius 2 is 2.12 bits per heavy atom. The van der Waals surface area contributed by atoms with E-state index in [1.54, 1.807) is 25.1 Å². The third-order valence-electron chi connectivity index (χ3n) is 3.23. The molecule has 0 fully saturated rings. The summed E-state index contributed by atoms with van der Waals surface area (Å²) in [4.78, 5) is 17.4. The molecule has 3 aromatic rings.